The van der Waals surface area contributed by atoms with Crippen molar-refractivity contribution in [1.29, 1.82) is 5.26 Å². The van der Waals surface area contributed by atoms with Gasteiger partial charge in [0.05, 0.1) is 24.0 Å². The van der Waals surface area contributed by atoms with Crippen LogP contribution in [-0.4, -0.2) is 12.9 Å². The van der Waals surface area contributed by atoms with Crippen molar-refractivity contribution in [3.8, 4) is 11.8 Å². The van der Waals surface area contributed by atoms with Crippen molar-refractivity contribution in [2.75, 3.05) is 12.9 Å². The van der Waals surface area contributed by atoms with Gasteiger partial charge in [-0.15, -0.1) is 11.8 Å². The van der Waals surface area contributed by atoms with Gasteiger partial charge in [0.25, 0.3) is 0 Å². The van der Waals surface area contributed by atoms with Crippen LogP contribution in [0.3, 0.4) is 0 Å². The molecule has 80 valence electrons. The Morgan fingerprint density at radius 1 is 1.53 bits per heavy atom. The van der Waals surface area contributed by atoms with Crippen LogP contribution in [0.25, 0.3) is 0 Å². The number of benzene rings is 1. The summed E-state index contributed by atoms with van der Waals surface area (Å²) in [5.41, 5.74) is 1.09. The van der Waals surface area contributed by atoms with Gasteiger partial charge in [-0.2, -0.15) is 5.26 Å². The van der Waals surface area contributed by atoms with Crippen molar-refractivity contribution < 1.29 is 4.74 Å². The zero-order valence-corrected chi connectivity index (χ0v) is 10.3. The third-order valence-electron chi connectivity index (χ3n) is 2.01. The van der Waals surface area contributed by atoms with E-state index in [1.54, 1.807) is 7.11 Å². The van der Waals surface area contributed by atoms with E-state index in [-0.39, 0.29) is 0 Å². The molecule has 15 heavy (non-hydrogen) atoms. The summed E-state index contributed by atoms with van der Waals surface area (Å²) < 4.78 is 5.26. The third kappa shape index (κ3) is 3.05. The van der Waals surface area contributed by atoms with Crippen LogP contribution in [-0.2, 0) is 6.42 Å². The van der Waals surface area contributed by atoms with E-state index in [0.717, 1.165) is 22.6 Å². The van der Waals surface area contributed by atoms with E-state index in [9.17, 15) is 0 Å². The lowest BCUT2D eigenvalue weighted by Gasteiger charge is -2.10. The molecule has 0 heterocycles. The van der Waals surface area contributed by atoms with Gasteiger partial charge in [0.1, 0.15) is 5.75 Å². The van der Waals surface area contributed by atoms with Crippen LogP contribution < -0.4 is 4.74 Å². The van der Waals surface area contributed by atoms with E-state index >= 15 is 0 Å². The Kier molecular flexibility index (Phi) is 4.80. The maximum atomic E-state index is 8.50. The SMILES string of the molecule is CCc1cc(Cl)c(SCC#N)cc1OC. The summed E-state index contributed by atoms with van der Waals surface area (Å²) in [5.74, 6) is 1.23. The Labute approximate surface area is 99.2 Å². The maximum absolute atomic E-state index is 8.50. The monoisotopic (exact) mass is 241 g/mol. The lowest BCUT2D eigenvalue weighted by molar-refractivity contribution is 0.409. The van der Waals surface area contributed by atoms with Crippen LogP contribution >= 0.6 is 23.4 Å². The minimum Gasteiger partial charge on any atom is -0.496 e. The normalized spacial score (nSPS) is 9.73. The molecule has 0 aromatic heterocycles. The third-order valence-corrected chi connectivity index (χ3v) is 3.36. The number of hydrogen-bond acceptors (Lipinski definition) is 3. The van der Waals surface area contributed by atoms with Crippen molar-refractivity contribution in [3.63, 3.8) is 0 Å². The zero-order chi connectivity index (χ0) is 11.3. The van der Waals surface area contributed by atoms with Gasteiger partial charge in [0, 0.05) is 4.90 Å². The number of halogens is 1. The van der Waals surface area contributed by atoms with Gasteiger partial charge in [0.2, 0.25) is 0 Å². The lowest BCUT2D eigenvalue weighted by Crippen LogP contribution is -1.91. The maximum Gasteiger partial charge on any atom is 0.123 e. The van der Waals surface area contributed by atoms with Gasteiger partial charge in [-0.3, -0.25) is 0 Å². The molecule has 0 fully saturated rings. The van der Waals surface area contributed by atoms with Gasteiger partial charge in [-0.25, -0.2) is 0 Å². The molecule has 0 N–H and O–H groups in total. The molecular formula is C11H12ClNOS. The number of thioether (sulfide) groups is 1. The number of nitrogens with zero attached hydrogens (tertiary/aromatic N) is 1. The first-order chi connectivity index (χ1) is 7.22. The van der Waals surface area contributed by atoms with Gasteiger partial charge in [-0.1, -0.05) is 18.5 Å². The van der Waals surface area contributed by atoms with Crippen molar-refractivity contribution in [2.24, 2.45) is 0 Å². The molecule has 2 nitrogen and oxygen atoms in total. The Balaban J connectivity index is 3.03. The molecule has 0 saturated heterocycles. The lowest BCUT2D eigenvalue weighted by atomic mass is 10.1. The van der Waals surface area contributed by atoms with Crippen LogP contribution in [0.5, 0.6) is 5.75 Å². The fraction of sp³-hybridized carbons (Fsp3) is 0.364. The number of methoxy groups -OCH3 is 1. The highest BCUT2D eigenvalue weighted by Crippen LogP contribution is 2.33. The van der Waals surface area contributed by atoms with Crippen LogP contribution in [0.4, 0.5) is 0 Å². The second-order valence-corrected chi connectivity index (χ2v) is 4.32. The molecule has 1 aromatic carbocycles. The van der Waals surface area contributed by atoms with Crippen LogP contribution in [0.2, 0.25) is 5.02 Å². The largest absolute Gasteiger partial charge is 0.496 e. The van der Waals surface area contributed by atoms with Crippen molar-refractivity contribution in [1.82, 2.24) is 0 Å². The summed E-state index contributed by atoms with van der Waals surface area (Å²) >= 11 is 7.51. The van der Waals surface area contributed by atoms with Gasteiger partial charge in [-0.05, 0) is 24.1 Å². The summed E-state index contributed by atoms with van der Waals surface area (Å²) in [6, 6.07) is 5.87. The number of ether oxygens (including phenoxy) is 1. The van der Waals surface area contributed by atoms with E-state index in [0.29, 0.717) is 10.8 Å². The Hall–Kier alpha value is -0.850. The highest BCUT2D eigenvalue weighted by molar-refractivity contribution is 7.99. The van der Waals surface area contributed by atoms with E-state index < -0.39 is 0 Å². The first-order valence-corrected chi connectivity index (χ1v) is 5.95. The standard InChI is InChI=1S/C11H12ClNOS/c1-3-8-6-9(12)11(15-5-4-13)7-10(8)14-2/h6-7H,3,5H2,1-2H3. The molecule has 0 aliphatic rings. The second kappa shape index (κ2) is 5.89. The topological polar surface area (TPSA) is 33.0 Å². The zero-order valence-electron chi connectivity index (χ0n) is 8.71. The van der Waals surface area contributed by atoms with Crippen LogP contribution in [0.1, 0.15) is 12.5 Å². The van der Waals surface area contributed by atoms with Crippen LogP contribution in [0.15, 0.2) is 17.0 Å². The first kappa shape index (κ1) is 12.2. The minimum atomic E-state index is 0.397. The molecule has 0 aliphatic heterocycles. The molecule has 0 aliphatic carbocycles. The molecule has 0 radical (unpaired) electrons. The average Bonchev–Trinajstić information content (AvgIpc) is 2.27. The highest BCUT2D eigenvalue weighted by Gasteiger charge is 2.08. The summed E-state index contributed by atoms with van der Waals surface area (Å²) in [6.45, 7) is 2.05. The molecule has 0 saturated carbocycles. The van der Waals surface area contributed by atoms with Gasteiger partial charge in [0.15, 0.2) is 0 Å². The van der Waals surface area contributed by atoms with Gasteiger partial charge < -0.3 is 4.74 Å². The molecule has 4 heteroatoms. The Morgan fingerprint density at radius 2 is 2.27 bits per heavy atom. The minimum absolute atomic E-state index is 0.397. The summed E-state index contributed by atoms with van der Waals surface area (Å²) in [7, 11) is 1.64. The first-order valence-electron chi connectivity index (χ1n) is 4.59. The highest BCUT2D eigenvalue weighted by atomic mass is 35.5. The predicted molar refractivity (Wildman–Crippen MR) is 63.7 cm³/mol. The number of rotatable bonds is 4. The van der Waals surface area contributed by atoms with Crippen molar-refractivity contribution in [2.45, 2.75) is 18.2 Å². The second-order valence-electron chi connectivity index (χ2n) is 2.89. The fourth-order valence-electron chi connectivity index (χ4n) is 1.26. The van der Waals surface area contributed by atoms with E-state index in [1.165, 1.54) is 11.8 Å². The summed E-state index contributed by atoms with van der Waals surface area (Å²) in [5, 5.41) is 9.19. The van der Waals surface area contributed by atoms with Gasteiger partial charge >= 0.3 is 0 Å². The summed E-state index contributed by atoms with van der Waals surface area (Å²) in [6.07, 6.45) is 0.881. The number of aryl methyl sites for hydroxylation is 1. The molecule has 1 rings (SSSR count). The number of hydrogen-bond donors (Lipinski definition) is 0. The molecular weight excluding hydrogens is 230 g/mol. The van der Waals surface area contributed by atoms with Crippen LogP contribution in [0, 0.1) is 11.3 Å². The molecule has 0 amide bonds. The molecule has 0 bridgehead atoms. The van der Waals surface area contributed by atoms with Crippen molar-refractivity contribution >= 4 is 23.4 Å². The molecule has 0 spiro atoms. The molecule has 1 aromatic rings. The van der Waals surface area contributed by atoms with Crippen molar-refractivity contribution in [3.05, 3.63) is 22.7 Å². The van der Waals surface area contributed by atoms with E-state index in [4.69, 9.17) is 21.6 Å². The average molecular weight is 242 g/mol. The number of nitriles is 1. The fourth-order valence-corrected chi connectivity index (χ4v) is 2.22. The summed E-state index contributed by atoms with van der Waals surface area (Å²) in [4.78, 5) is 0.896. The Morgan fingerprint density at radius 3 is 2.80 bits per heavy atom. The quantitative estimate of drug-likeness (QED) is 0.756. The van der Waals surface area contributed by atoms with E-state index in [2.05, 4.69) is 13.0 Å². The molecule has 0 atom stereocenters. The Bertz CT molecular complexity index is 387. The van der Waals surface area contributed by atoms with E-state index in [1.807, 2.05) is 12.1 Å². The molecule has 0 unspecified atom stereocenters. The predicted octanol–water partition coefficient (Wildman–Crippen LogP) is 3.53. The smallest absolute Gasteiger partial charge is 0.123 e.